The van der Waals surface area contributed by atoms with Gasteiger partial charge in [0, 0.05) is 26.6 Å². The van der Waals surface area contributed by atoms with Crippen LogP contribution in [0.25, 0.3) is 0 Å². The number of nitrogens with two attached hydrogens (primary N) is 1. The van der Waals surface area contributed by atoms with Crippen molar-refractivity contribution < 1.29 is 13.6 Å². The highest BCUT2D eigenvalue weighted by atomic mass is 19.1. The Bertz CT molecular complexity index is 1270. The molecule has 4 rings (SSSR count). The number of nitrogens with zero attached hydrogens (tertiary/aromatic N) is 1. The topological polar surface area (TPSA) is 89.2 Å². The number of carbonyl (C=O) groups is 1. The summed E-state index contributed by atoms with van der Waals surface area (Å²) in [4.78, 5) is 25.5. The fourth-order valence-corrected chi connectivity index (χ4v) is 3.78. The number of aromatic nitrogens is 1. The Morgan fingerprint density at radius 1 is 1.16 bits per heavy atom. The monoisotopic (exact) mass is 438 g/mol. The third-order valence-corrected chi connectivity index (χ3v) is 5.76. The molecule has 166 valence electrons. The lowest BCUT2D eigenvalue weighted by molar-refractivity contribution is 0.0962. The van der Waals surface area contributed by atoms with Crippen LogP contribution in [0.4, 0.5) is 26.0 Å². The number of hydrogen-bond acceptors (Lipinski definition) is 4. The zero-order chi connectivity index (χ0) is 23.0. The maximum absolute atomic E-state index is 14.8. The van der Waals surface area contributed by atoms with E-state index in [0.717, 1.165) is 18.4 Å². The van der Waals surface area contributed by atoms with Gasteiger partial charge >= 0.3 is 0 Å². The molecule has 0 saturated heterocycles. The van der Waals surface area contributed by atoms with Gasteiger partial charge in [0.25, 0.3) is 11.5 Å². The summed E-state index contributed by atoms with van der Waals surface area (Å²) < 4.78 is 30.6. The second kappa shape index (κ2) is 8.45. The van der Waals surface area contributed by atoms with E-state index < -0.39 is 23.1 Å². The van der Waals surface area contributed by atoms with Gasteiger partial charge in [0.05, 0.1) is 16.9 Å². The Morgan fingerprint density at radius 2 is 1.91 bits per heavy atom. The van der Waals surface area contributed by atoms with Crippen molar-refractivity contribution in [2.24, 2.45) is 7.05 Å². The number of nitrogens with one attached hydrogen (secondary N) is 2. The van der Waals surface area contributed by atoms with Crippen molar-refractivity contribution in [3.8, 4) is 0 Å². The smallest absolute Gasteiger partial charge is 0.255 e. The molecule has 6 nitrogen and oxygen atoms in total. The quantitative estimate of drug-likeness (QED) is 0.511. The SMILES string of the molecule is CNC(=O)c1c(Cc2cccc(N)c2F)cc(=O)n(C)c1Nc1ccc(C2CC2)cc1F. The molecule has 2 aromatic carbocycles. The number of carbonyl (C=O) groups excluding carboxylic acids is 1. The second-order valence-corrected chi connectivity index (χ2v) is 8.01. The van der Waals surface area contributed by atoms with Crippen LogP contribution in [-0.4, -0.2) is 17.5 Å². The molecule has 0 unspecified atom stereocenters. The van der Waals surface area contributed by atoms with Crippen LogP contribution in [0.15, 0.2) is 47.3 Å². The van der Waals surface area contributed by atoms with Crippen LogP contribution in [0.1, 0.15) is 45.8 Å². The lowest BCUT2D eigenvalue weighted by Crippen LogP contribution is -2.28. The van der Waals surface area contributed by atoms with Gasteiger partial charge < -0.3 is 16.4 Å². The van der Waals surface area contributed by atoms with E-state index in [9.17, 15) is 18.4 Å². The zero-order valence-corrected chi connectivity index (χ0v) is 17.8. The average Bonchev–Trinajstić information content (AvgIpc) is 3.61. The molecule has 0 atom stereocenters. The van der Waals surface area contributed by atoms with Crippen LogP contribution in [0.5, 0.6) is 0 Å². The summed E-state index contributed by atoms with van der Waals surface area (Å²) in [5.74, 6) is -1.06. The molecule has 1 amide bonds. The predicted octanol–water partition coefficient (Wildman–Crippen LogP) is 3.82. The molecule has 1 aliphatic carbocycles. The number of anilines is 3. The van der Waals surface area contributed by atoms with E-state index in [2.05, 4.69) is 10.6 Å². The molecule has 8 heteroatoms. The van der Waals surface area contributed by atoms with E-state index in [1.54, 1.807) is 18.2 Å². The molecule has 0 aliphatic heterocycles. The molecule has 1 fully saturated rings. The van der Waals surface area contributed by atoms with Crippen molar-refractivity contribution >= 4 is 23.1 Å². The van der Waals surface area contributed by atoms with Gasteiger partial charge in [0.1, 0.15) is 17.5 Å². The highest BCUT2D eigenvalue weighted by Crippen LogP contribution is 2.41. The maximum atomic E-state index is 14.8. The lowest BCUT2D eigenvalue weighted by Gasteiger charge is -2.19. The predicted molar refractivity (Wildman–Crippen MR) is 120 cm³/mol. The largest absolute Gasteiger partial charge is 0.396 e. The first-order valence-electron chi connectivity index (χ1n) is 10.3. The van der Waals surface area contributed by atoms with Gasteiger partial charge in [0.15, 0.2) is 0 Å². The summed E-state index contributed by atoms with van der Waals surface area (Å²) >= 11 is 0. The van der Waals surface area contributed by atoms with Crippen LogP contribution in [0.2, 0.25) is 0 Å². The number of amides is 1. The second-order valence-electron chi connectivity index (χ2n) is 8.01. The van der Waals surface area contributed by atoms with Gasteiger partial charge in [-0.3, -0.25) is 14.2 Å². The number of pyridine rings is 1. The molecule has 3 aromatic rings. The Balaban J connectivity index is 1.81. The minimum Gasteiger partial charge on any atom is -0.396 e. The first-order chi connectivity index (χ1) is 15.3. The van der Waals surface area contributed by atoms with E-state index in [-0.39, 0.29) is 34.7 Å². The van der Waals surface area contributed by atoms with E-state index in [1.807, 2.05) is 6.07 Å². The van der Waals surface area contributed by atoms with Crippen LogP contribution >= 0.6 is 0 Å². The van der Waals surface area contributed by atoms with Crippen molar-refractivity contribution in [1.82, 2.24) is 9.88 Å². The molecule has 1 heterocycles. The minimum atomic E-state index is -0.604. The zero-order valence-electron chi connectivity index (χ0n) is 17.8. The van der Waals surface area contributed by atoms with E-state index in [4.69, 9.17) is 5.73 Å². The van der Waals surface area contributed by atoms with Gasteiger partial charge in [-0.2, -0.15) is 0 Å². The summed E-state index contributed by atoms with van der Waals surface area (Å²) in [5, 5.41) is 5.46. The van der Waals surface area contributed by atoms with Gasteiger partial charge in [-0.1, -0.05) is 18.2 Å². The standard InChI is InChI=1S/C24H24F2N4O2/c1-28-24(32)21-16(10-15-4-3-5-18(27)22(15)26)12-20(31)30(2)23(21)29-19-9-8-14(11-17(19)25)13-6-7-13/h3-5,8-9,11-13,29H,6-7,10,27H2,1-2H3,(H,28,32). The Morgan fingerprint density at radius 3 is 2.56 bits per heavy atom. The molecule has 4 N–H and O–H groups in total. The van der Waals surface area contributed by atoms with Crippen molar-refractivity contribution in [3.05, 3.63) is 86.7 Å². The number of halogens is 2. The lowest BCUT2D eigenvalue weighted by atomic mass is 9.98. The van der Waals surface area contributed by atoms with E-state index in [0.29, 0.717) is 11.5 Å². The summed E-state index contributed by atoms with van der Waals surface area (Å²) in [6.45, 7) is 0. The molecule has 1 saturated carbocycles. The summed E-state index contributed by atoms with van der Waals surface area (Å²) in [5.41, 5.74) is 6.96. The number of benzene rings is 2. The average molecular weight is 438 g/mol. The van der Waals surface area contributed by atoms with Crippen molar-refractivity contribution in [2.75, 3.05) is 18.1 Å². The fraction of sp³-hybridized carbons (Fsp3) is 0.250. The molecule has 0 bridgehead atoms. The third kappa shape index (κ3) is 4.08. The van der Waals surface area contributed by atoms with Crippen LogP contribution in [0, 0.1) is 11.6 Å². The third-order valence-electron chi connectivity index (χ3n) is 5.76. The molecule has 32 heavy (non-hydrogen) atoms. The van der Waals surface area contributed by atoms with Crippen molar-refractivity contribution in [1.29, 1.82) is 0 Å². The highest BCUT2D eigenvalue weighted by Gasteiger charge is 2.25. The molecular weight excluding hydrogens is 414 g/mol. The normalized spacial score (nSPS) is 13.1. The van der Waals surface area contributed by atoms with Gasteiger partial charge in [-0.25, -0.2) is 8.78 Å². The number of hydrogen-bond donors (Lipinski definition) is 3. The summed E-state index contributed by atoms with van der Waals surface area (Å²) in [7, 11) is 2.94. The molecule has 0 radical (unpaired) electrons. The summed E-state index contributed by atoms with van der Waals surface area (Å²) in [6.07, 6.45) is 2.06. The molecule has 1 aliphatic rings. The van der Waals surface area contributed by atoms with E-state index in [1.165, 1.54) is 36.9 Å². The summed E-state index contributed by atoms with van der Waals surface area (Å²) in [6, 6.07) is 10.8. The van der Waals surface area contributed by atoms with Crippen molar-refractivity contribution in [3.63, 3.8) is 0 Å². The van der Waals surface area contributed by atoms with Gasteiger partial charge in [0.2, 0.25) is 0 Å². The maximum Gasteiger partial charge on any atom is 0.255 e. The van der Waals surface area contributed by atoms with E-state index >= 15 is 0 Å². The number of rotatable bonds is 6. The Labute approximate surface area is 184 Å². The van der Waals surface area contributed by atoms with Crippen molar-refractivity contribution in [2.45, 2.75) is 25.2 Å². The number of nitrogen functional groups attached to an aromatic ring is 1. The first-order valence-corrected chi connectivity index (χ1v) is 10.3. The van der Waals surface area contributed by atoms with Crippen LogP contribution < -0.4 is 21.9 Å². The van der Waals surface area contributed by atoms with Crippen LogP contribution in [0.3, 0.4) is 0 Å². The minimum absolute atomic E-state index is 0.0241. The van der Waals surface area contributed by atoms with Gasteiger partial charge in [-0.15, -0.1) is 0 Å². The molecular formula is C24H24F2N4O2. The molecule has 1 aromatic heterocycles. The molecule has 0 spiro atoms. The Kier molecular flexibility index (Phi) is 5.69. The van der Waals surface area contributed by atoms with Gasteiger partial charge in [-0.05, 0) is 53.6 Å². The fourth-order valence-electron chi connectivity index (χ4n) is 3.78. The highest BCUT2D eigenvalue weighted by molar-refractivity contribution is 6.01. The first kappa shape index (κ1) is 21.5. The Hall–Kier alpha value is -3.68. The van der Waals surface area contributed by atoms with Crippen LogP contribution in [-0.2, 0) is 13.5 Å².